The van der Waals surface area contributed by atoms with Crippen LogP contribution in [0.25, 0.3) is 0 Å². The summed E-state index contributed by atoms with van der Waals surface area (Å²) in [5.74, 6) is 1.08. The molecule has 1 N–H and O–H groups in total. The summed E-state index contributed by atoms with van der Waals surface area (Å²) in [6.07, 6.45) is 13.2. The summed E-state index contributed by atoms with van der Waals surface area (Å²) < 4.78 is 4.00. The van der Waals surface area contributed by atoms with Crippen LogP contribution < -0.4 is 5.32 Å². The highest BCUT2D eigenvalue weighted by atomic mass is 32.2. The lowest BCUT2D eigenvalue weighted by atomic mass is 10.2. The first kappa shape index (κ1) is 15.7. The third kappa shape index (κ3) is 4.97. The third-order valence-electron chi connectivity index (χ3n) is 3.34. The lowest BCUT2D eigenvalue weighted by Gasteiger charge is -2.18. The number of thioether (sulfide) groups is 1. The fourth-order valence-electron chi connectivity index (χ4n) is 2.21. The van der Waals surface area contributed by atoms with Crippen LogP contribution in [0.5, 0.6) is 0 Å². The molecule has 0 bridgehead atoms. The Bertz CT molecular complexity index is 510. The Morgan fingerprint density at radius 2 is 2.14 bits per heavy atom. The van der Waals surface area contributed by atoms with Crippen LogP contribution in [0.15, 0.2) is 43.2 Å². The predicted molar refractivity (Wildman–Crippen MR) is 86.3 cm³/mol. The van der Waals surface area contributed by atoms with E-state index in [1.807, 2.05) is 39.9 Å². The summed E-state index contributed by atoms with van der Waals surface area (Å²) in [5.41, 5.74) is 0. The highest BCUT2D eigenvalue weighted by Gasteiger charge is 2.18. The van der Waals surface area contributed by atoms with E-state index in [1.165, 1.54) is 0 Å². The number of imidazole rings is 1. The highest BCUT2D eigenvalue weighted by molar-refractivity contribution is 7.98. The molecule has 2 aromatic heterocycles. The average Bonchev–Trinajstić information content (AvgIpc) is 3.17. The second-order valence-electron chi connectivity index (χ2n) is 4.87. The number of carbonyl (C=O) groups excluding carboxylic acids is 1. The maximum atomic E-state index is 12.3. The van der Waals surface area contributed by atoms with Gasteiger partial charge >= 0.3 is 0 Å². The van der Waals surface area contributed by atoms with Crippen molar-refractivity contribution in [1.29, 1.82) is 0 Å². The Morgan fingerprint density at radius 1 is 1.33 bits per heavy atom. The zero-order valence-corrected chi connectivity index (χ0v) is 13.1. The van der Waals surface area contributed by atoms with Crippen molar-refractivity contribution in [3.63, 3.8) is 0 Å². The average molecular weight is 306 g/mol. The number of rotatable bonds is 9. The van der Waals surface area contributed by atoms with E-state index >= 15 is 0 Å². The van der Waals surface area contributed by atoms with E-state index < -0.39 is 0 Å². The van der Waals surface area contributed by atoms with Crippen LogP contribution in [0.1, 0.15) is 18.9 Å². The zero-order valence-electron chi connectivity index (χ0n) is 12.3. The summed E-state index contributed by atoms with van der Waals surface area (Å²) >= 11 is 1.77. The lowest BCUT2D eigenvalue weighted by Crippen LogP contribution is -2.33. The van der Waals surface area contributed by atoms with Crippen molar-refractivity contribution in [2.24, 2.45) is 0 Å². The van der Waals surface area contributed by atoms with Gasteiger partial charge in [-0.05, 0) is 37.0 Å². The van der Waals surface area contributed by atoms with Crippen LogP contribution in [0.2, 0.25) is 0 Å². The molecule has 0 saturated heterocycles. The second kappa shape index (κ2) is 8.56. The van der Waals surface area contributed by atoms with E-state index in [-0.39, 0.29) is 11.9 Å². The first-order valence-electron chi connectivity index (χ1n) is 7.16. The molecule has 5 nitrogen and oxygen atoms in total. The fourth-order valence-corrected chi connectivity index (χ4v) is 2.67. The summed E-state index contributed by atoms with van der Waals surface area (Å²) in [6.45, 7) is 1.56. The molecule has 21 heavy (non-hydrogen) atoms. The van der Waals surface area contributed by atoms with Crippen molar-refractivity contribution in [2.45, 2.75) is 25.4 Å². The van der Waals surface area contributed by atoms with Crippen LogP contribution in [0.4, 0.5) is 0 Å². The Labute approximate surface area is 129 Å². The van der Waals surface area contributed by atoms with Crippen LogP contribution in [-0.4, -0.2) is 38.6 Å². The Hall–Kier alpha value is -1.69. The summed E-state index contributed by atoms with van der Waals surface area (Å²) in [7, 11) is 0. The maximum Gasteiger partial charge on any atom is 0.243 e. The molecule has 0 aromatic carbocycles. The first-order chi connectivity index (χ1) is 10.3. The van der Waals surface area contributed by atoms with Crippen LogP contribution in [0, 0.1) is 0 Å². The van der Waals surface area contributed by atoms with Gasteiger partial charge in [-0.1, -0.05) is 0 Å². The monoisotopic (exact) mass is 306 g/mol. The van der Waals surface area contributed by atoms with Crippen molar-refractivity contribution < 1.29 is 4.79 Å². The van der Waals surface area contributed by atoms with Crippen molar-refractivity contribution in [2.75, 3.05) is 18.6 Å². The number of aromatic nitrogens is 3. The smallest absolute Gasteiger partial charge is 0.243 e. The summed E-state index contributed by atoms with van der Waals surface area (Å²) in [5, 5.41) is 3.04. The molecule has 6 heteroatoms. The lowest BCUT2D eigenvalue weighted by molar-refractivity contribution is -0.124. The van der Waals surface area contributed by atoms with Gasteiger partial charge in [-0.3, -0.25) is 4.79 Å². The molecule has 0 radical (unpaired) electrons. The number of amides is 1. The van der Waals surface area contributed by atoms with Gasteiger partial charge in [-0.25, -0.2) is 4.98 Å². The molecule has 0 spiro atoms. The molecule has 2 rings (SSSR count). The summed E-state index contributed by atoms with van der Waals surface area (Å²) in [4.78, 5) is 16.4. The van der Waals surface area contributed by atoms with Crippen LogP contribution in [0.3, 0.4) is 0 Å². The van der Waals surface area contributed by atoms with Crippen molar-refractivity contribution in [1.82, 2.24) is 19.4 Å². The van der Waals surface area contributed by atoms with Crippen molar-refractivity contribution >= 4 is 17.7 Å². The molecule has 1 unspecified atom stereocenters. The molecule has 0 saturated carbocycles. The van der Waals surface area contributed by atoms with E-state index in [1.54, 1.807) is 24.3 Å². The van der Waals surface area contributed by atoms with Gasteiger partial charge in [-0.15, -0.1) is 0 Å². The fraction of sp³-hybridized carbons (Fsp3) is 0.467. The van der Waals surface area contributed by atoms with E-state index in [0.717, 1.165) is 25.1 Å². The number of hydrogen-bond acceptors (Lipinski definition) is 3. The third-order valence-corrected chi connectivity index (χ3v) is 3.98. The number of carbonyl (C=O) groups is 1. The van der Waals surface area contributed by atoms with Crippen LogP contribution in [-0.2, 0) is 11.3 Å². The molecule has 2 aromatic rings. The van der Waals surface area contributed by atoms with Crippen LogP contribution >= 0.6 is 11.8 Å². The molecule has 0 aliphatic carbocycles. The van der Waals surface area contributed by atoms with Gasteiger partial charge < -0.3 is 14.5 Å². The number of hydrogen-bond donors (Lipinski definition) is 1. The maximum absolute atomic E-state index is 12.3. The second-order valence-corrected chi connectivity index (χ2v) is 5.86. The Morgan fingerprint density at radius 3 is 2.81 bits per heavy atom. The number of aryl methyl sites for hydroxylation is 1. The zero-order chi connectivity index (χ0) is 14.9. The summed E-state index contributed by atoms with van der Waals surface area (Å²) in [6, 6.07) is 3.80. The highest BCUT2D eigenvalue weighted by Crippen LogP contribution is 2.15. The molecule has 0 fully saturated rings. The molecule has 0 aliphatic rings. The Balaban J connectivity index is 1.78. The minimum absolute atomic E-state index is 0.103. The normalized spacial score (nSPS) is 12.2. The Kier molecular flexibility index (Phi) is 6.40. The molecule has 0 aliphatic heterocycles. The standard InChI is InChI=1S/C15H22N4OS/c1-21-12-5-14(19-9-2-3-10-19)15(20)17-6-4-8-18-11-7-16-13-18/h2-3,7,9-11,13-14H,4-6,8,12H2,1H3,(H,17,20). The van der Waals surface area contributed by atoms with Crippen molar-refractivity contribution in [3.05, 3.63) is 43.2 Å². The van der Waals surface area contributed by atoms with Gasteiger partial charge in [0.2, 0.25) is 5.91 Å². The molecular weight excluding hydrogens is 284 g/mol. The van der Waals surface area contributed by atoms with Gasteiger partial charge in [0.05, 0.1) is 6.33 Å². The van der Waals surface area contributed by atoms with Gasteiger partial charge in [0, 0.05) is 37.9 Å². The van der Waals surface area contributed by atoms with E-state index in [4.69, 9.17) is 0 Å². The largest absolute Gasteiger partial charge is 0.354 e. The predicted octanol–water partition coefficient (Wildman–Crippen LogP) is 2.19. The molecule has 1 atom stereocenters. The topological polar surface area (TPSA) is 51.9 Å². The molecule has 114 valence electrons. The van der Waals surface area contributed by atoms with E-state index in [9.17, 15) is 4.79 Å². The van der Waals surface area contributed by atoms with Gasteiger partial charge in [0.1, 0.15) is 6.04 Å². The van der Waals surface area contributed by atoms with Gasteiger partial charge in [-0.2, -0.15) is 11.8 Å². The van der Waals surface area contributed by atoms with Gasteiger partial charge in [0.15, 0.2) is 0 Å². The molecule has 2 heterocycles. The number of nitrogens with zero attached hydrogens (tertiary/aromatic N) is 3. The minimum Gasteiger partial charge on any atom is -0.354 e. The van der Waals surface area contributed by atoms with E-state index in [0.29, 0.717) is 6.54 Å². The van der Waals surface area contributed by atoms with Gasteiger partial charge in [0.25, 0.3) is 0 Å². The quantitative estimate of drug-likeness (QED) is 0.723. The van der Waals surface area contributed by atoms with Crippen molar-refractivity contribution in [3.8, 4) is 0 Å². The first-order valence-corrected chi connectivity index (χ1v) is 8.55. The minimum atomic E-state index is -0.110. The molecular formula is C15H22N4OS. The SMILES string of the molecule is CSCCC(C(=O)NCCCn1ccnc1)n1cccc1. The number of nitrogens with one attached hydrogen (secondary N) is 1. The van der Waals surface area contributed by atoms with E-state index in [2.05, 4.69) is 16.6 Å². The molecule has 1 amide bonds.